The van der Waals surface area contributed by atoms with Crippen LogP contribution in [-0.2, 0) is 11.9 Å². The van der Waals surface area contributed by atoms with Crippen molar-refractivity contribution in [1.29, 1.82) is 5.26 Å². The van der Waals surface area contributed by atoms with Crippen LogP contribution >= 0.6 is 15.9 Å². The van der Waals surface area contributed by atoms with Crippen LogP contribution in [0.4, 0.5) is 5.69 Å². The van der Waals surface area contributed by atoms with Gasteiger partial charge in [-0.05, 0) is 30.2 Å². The van der Waals surface area contributed by atoms with Crippen LogP contribution in [-0.4, -0.2) is 7.05 Å². The Hall–Kier alpha value is -1.79. The minimum Gasteiger partial charge on any atom is -0.369 e. The van der Waals surface area contributed by atoms with E-state index in [-0.39, 0.29) is 0 Å². The fourth-order valence-corrected chi connectivity index (χ4v) is 2.61. The SMILES string of the molecule is Cc1cccc(CN(C)c2ccc(CBr)cc2C#N)c1. The first kappa shape index (κ1) is 14.6. The molecule has 2 aromatic carbocycles. The van der Waals surface area contributed by atoms with Gasteiger partial charge in [0.2, 0.25) is 0 Å². The van der Waals surface area contributed by atoms with Crippen molar-refractivity contribution in [3.8, 4) is 6.07 Å². The Kier molecular flexibility index (Phi) is 4.81. The summed E-state index contributed by atoms with van der Waals surface area (Å²) in [5.41, 5.74) is 5.32. The molecule has 3 heteroatoms. The van der Waals surface area contributed by atoms with Crippen LogP contribution in [0.2, 0.25) is 0 Å². The van der Waals surface area contributed by atoms with Gasteiger partial charge >= 0.3 is 0 Å². The van der Waals surface area contributed by atoms with Crippen molar-refractivity contribution >= 4 is 21.6 Å². The lowest BCUT2D eigenvalue weighted by Gasteiger charge is -2.21. The van der Waals surface area contributed by atoms with Crippen LogP contribution in [0.3, 0.4) is 0 Å². The van der Waals surface area contributed by atoms with Gasteiger partial charge in [-0.3, -0.25) is 0 Å². The lowest BCUT2D eigenvalue weighted by Crippen LogP contribution is -2.17. The number of benzene rings is 2. The second-order valence-corrected chi connectivity index (χ2v) is 5.50. The Morgan fingerprint density at radius 3 is 2.60 bits per heavy atom. The van der Waals surface area contributed by atoms with E-state index in [0.717, 1.165) is 28.7 Å². The smallest absolute Gasteiger partial charge is 0.101 e. The third-order valence-corrected chi connectivity index (χ3v) is 3.90. The van der Waals surface area contributed by atoms with E-state index in [1.54, 1.807) is 0 Å². The van der Waals surface area contributed by atoms with Gasteiger partial charge in [-0.25, -0.2) is 0 Å². The molecule has 0 spiro atoms. The van der Waals surface area contributed by atoms with Gasteiger partial charge in [-0.1, -0.05) is 51.8 Å². The molecule has 0 heterocycles. The maximum absolute atomic E-state index is 9.31. The number of rotatable bonds is 4. The van der Waals surface area contributed by atoms with E-state index >= 15 is 0 Å². The Bertz CT molecular complexity index is 644. The summed E-state index contributed by atoms with van der Waals surface area (Å²) in [7, 11) is 2.02. The maximum atomic E-state index is 9.31. The van der Waals surface area contributed by atoms with Crippen LogP contribution in [0.5, 0.6) is 0 Å². The molecule has 0 atom stereocenters. The molecule has 0 N–H and O–H groups in total. The van der Waals surface area contributed by atoms with Crippen molar-refractivity contribution in [2.24, 2.45) is 0 Å². The average molecular weight is 329 g/mol. The minimum absolute atomic E-state index is 0.720. The summed E-state index contributed by atoms with van der Waals surface area (Å²) in [6.45, 7) is 2.89. The predicted octanol–water partition coefficient (Wildman–Crippen LogP) is 4.40. The van der Waals surface area contributed by atoms with Crippen molar-refractivity contribution in [3.05, 3.63) is 64.7 Å². The van der Waals surface area contributed by atoms with Gasteiger partial charge in [0, 0.05) is 18.9 Å². The van der Waals surface area contributed by atoms with E-state index in [4.69, 9.17) is 0 Å². The number of hydrogen-bond acceptors (Lipinski definition) is 2. The monoisotopic (exact) mass is 328 g/mol. The molecule has 0 fully saturated rings. The number of hydrogen-bond donors (Lipinski definition) is 0. The highest BCUT2D eigenvalue weighted by Gasteiger charge is 2.09. The first-order chi connectivity index (χ1) is 9.63. The van der Waals surface area contributed by atoms with E-state index < -0.39 is 0 Å². The number of nitrogens with zero attached hydrogens (tertiary/aromatic N) is 2. The third kappa shape index (κ3) is 3.40. The van der Waals surface area contributed by atoms with Gasteiger partial charge in [0.05, 0.1) is 11.3 Å². The first-order valence-electron chi connectivity index (χ1n) is 6.49. The Morgan fingerprint density at radius 1 is 1.15 bits per heavy atom. The standard InChI is InChI=1S/C17H17BrN2/c1-13-4-3-5-15(8-13)12-20(2)17-7-6-14(10-18)9-16(17)11-19/h3-9H,10,12H2,1-2H3. The van der Waals surface area contributed by atoms with E-state index in [9.17, 15) is 5.26 Å². The van der Waals surface area contributed by atoms with Gasteiger partial charge in [0.15, 0.2) is 0 Å². The number of alkyl halides is 1. The molecule has 0 bridgehead atoms. The molecule has 0 aliphatic carbocycles. The van der Waals surface area contributed by atoms with E-state index in [1.807, 2.05) is 19.2 Å². The van der Waals surface area contributed by atoms with Gasteiger partial charge in [0.1, 0.15) is 6.07 Å². The van der Waals surface area contributed by atoms with Crippen LogP contribution in [0.1, 0.15) is 22.3 Å². The zero-order valence-corrected chi connectivity index (χ0v) is 13.3. The molecular weight excluding hydrogens is 312 g/mol. The molecule has 0 aromatic heterocycles. The topological polar surface area (TPSA) is 27.0 Å². The molecule has 102 valence electrons. The largest absolute Gasteiger partial charge is 0.369 e. The molecule has 0 amide bonds. The van der Waals surface area contributed by atoms with Crippen molar-refractivity contribution < 1.29 is 0 Å². The first-order valence-corrected chi connectivity index (χ1v) is 7.62. The van der Waals surface area contributed by atoms with Gasteiger partial charge in [-0.2, -0.15) is 5.26 Å². The van der Waals surface area contributed by atoms with Crippen LogP contribution in [0, 0.1) is 18.3 Å². The van der Waals surface area contributed by atoms with Crippen molar-refractivity contribution in [2.45, 2.75) is 18.8 Å². The Balaban J connectivity index is 2.25. The highest BCUT2D eigenvalue weighted by atomic mass is 79.9. The minimum atomic E-state index is 0.720. The summed E-state index contributed by atoms with van der Waals surface area (Å²) in [4.78, 5) is 2.12. The quantitative estimate of drug-likeness (QED) is 0.778. The maximum Gasteiger partial charge on any atom is 0.101 e. The molecule has 2 rings (SSSR count). The van der Waals surface area contributed by atoms with E-state index in [2.05, 4.69) is 64.2 Å². The van der Waals surface area contributed by atoms with Crippen LogP contribution < -0.4 is 4.90 Å². The fraction of sp³-hybridized carbons (Fsp3) is 0.235. The van der Waals surface area contributed by atoms with Crippen LogP contribution in [0.15, 0.2) is 42.5 Å². The average Bonchev–Trinajstić information content (AvgIpc) is 2.46. The van der Waals surface area contributed by atoms with E-state index in [1.165, 1.54) is 11.1 Å². The molecule has 0 saturated heterocycles. The van der Waals surface area contributed by atoms with Crippen molar-refractivity contribution in [3.63, 3.8) is 0 Å². The number of anilines is 1. The third-order valence-electron chi connectivity index (χ3n) is 3.25. The molecule has 0 unspecified atom stereocenters. The van der Waals surface area contributed by atoms with Crippen molar-refractivity contribution in [1.82, 2.24) is 0 Å². The normalized spacial score (nSPS) is 10.1. The summed E-state index contributed by atoms with van der Waals surface area (Å²) < 4.78 is 0. The summed E-state index contributed by atoms with van der Waals surface area (Å²) >= 11 is 3.42. The van der Waals surface area contributed by atoms with Crippen molar-refractivity contribution in [2.75, 3.05) is 11.9 Å². The molecule has 0 radical (unpaired) electrons. The zero-order valence-electron chi connectivity index (χ0n) is 11.7. The number of aryl methyl sites for hydroxylation is 1. The summed E-state index contributed by atoms with van der Waals surface area (Å²) in [6.07, 6.45) is 0. The Labute approximate surface area is 128 Å². The van der Waals surface area contributed by atoms with Gasteiger partial charge in [0.25, 0.3) is 0 Å². The fourth-order valence-electron chi connectivity index (χ4n) is 2.26. The second-order valence-electron chi connectivity index (χ2n) is 4.94. The summed E-state index contributed by atoms with van der Waals surface area (Å²) in [6, 6.07) is 16.7. The lowest BCUT2D eigenvalue weighted by molar-refractivity contribution is 0.918. The summed E-state index contributed by atoms with van der Waals surface area (Å²) in [5, 5.41) is 10.1. The molecule has 0 aliphatic rings. The lowest BCUT2D eigenvalue weighted by atomic mass is 10.1. The molecule has 0 aliphatic heterocycles. The number of halogens is 1. The molecule has 2 aromatic rings. The molecule has 2 nitrogen and oxygen atoms in total. The second kappa shape index (κ2) is 6.58. The number of nitriles is 1. The zero-order chi connectivity index (χ0) is 14.5. The Morgan fingerprint density at radius 2 is 1.95 bits per heavy atom. The van der Waals surface area contributed by atoms with Gasteiger partial charge in [-0.15, -0.1) is 0 Å². The predicted molar refractivity (Wildman–Crippen MR) is 87.1 cm³/mol. The van der Waals surface area contributed by atoms with Crippen LogP contribution in [0.25, 0.3) is 0 Å². The van der Waals surface area contributed by atoms with E-state index in [0.29, 0.717) is 0 Å². The molecule has 0 saturated carbocycles. The highest BCUT2D eigenvalue weighted by molar-refractivity contribution is 9.08. The summed E-state index contributed by atoms with van der Waals surface area (Å²) in [5.74, 6) is 0. The molecule has 20 heavy (non-hydrogen) atoms. The van der Waals surface area contributed by atoms with Gasteiger partial charge < -0.3 is 4.90 Å². The molecular formula is C17H17BrN2. The highest BCUT2D eigenvalue weighted by Crippen LogP contribution is 2.23.